The van der Waals surface area contributed by atoms with Crippen LogP contribution >= 0.6 is 0 Å². The molecule has 0 unspecified atom stereocenters. The van der Waals surface area contributed by atoms with E-state index in [1.165, 1.54) is 50.2 Å². The number of anilines is 1. The Morgan fingerprint density at radius 2 is 1.81 bits per heavy atom. The first kappa shape index (κ1) is 14.9. The number of nitrogens with two attached hydrogens (primary N) is 1. The average molecular weight is 291 g/mol. The highest BCUT2D eigenvalue weighted by Gasteiger charge is 2.28. The van der Waals surface area contributed by atoms with E-state index < -0.39 is 0 Å². The van der Waals surface area contributed by atoms with E-state index in [9.17, 15) is 0 Å². The number of hydrogen-bond acceptors (Lipinski definition) is 4. The summed E-state index contributed by atoms with van der Waals surface area (Å²) in [4.78, 5) is 5.21. The molecule has 2 N–H and O–H groups in total. The minimum absolute atomic E-state index is 0.696. The van der Waals surface area contributed by atoms with Crippen molar-refractivity contribution in [2.75, 3.05) is 37.6 Å². The first-order valence-electron chi connectivity index (χ1n) is 8.42. The Labute approximate surface area is 128 Å². The third kappa shape index (κ3) is 2.94. The second-order valence-electron chi connectivity index (χ2n) is 6.51. The fourth-order valence-electron chi connectivity index (χ4n) is 4.09. The minimum Gasteiger partial charge on any atom is -0.354 e. The molecule has 2 fully saturated rings. The number of aromatic nitrogens is 2. The van der Waals surface area contributed by atoms with Crippen molar-refractivity contribution in [2.24, 2.45) is 12.8 Å². The van der Waals surface area contributed by atoms with Crippen molar-refractivity contribution in [3.05, 3.63) is 11.3 Å². The van der Waals surface area contributed by atoms with Crippen molar-refractivity contribution in [1.82, 2.24) is 14.7 Å². The lowest BCUT2D eigenvalue weighted by Gasteiger charge is -2.39. The van der Waals surface area contributed by atoms with Crippen LogP contribution in [0.1, 0.15) is 36.9 Å². The van der Waals surface area contributed by atoms with E-state index in [-0.39, 0.29) is 0 Å². The zero-order chi connectivity index (χ0) is 14.8. The number of rotatable bonds is 4. The van der Waals surface area contributed by atoms with Crippen LogP contribution < -0.4 is 10.6 Å². The molecule has 2 heterocycles. The number of piperazine rings is 1. The van der Waals surface area contributed by atoms with Crippen molar-refractivity contribution in [2.45, 2.75) is 45.1 Å². The van der Waals surface area contributed by atoms with Gasteiger partial charge in [-0.25, -0.2) is 0 Å². The van der Waals surface area contributed by atoms with Crippen molar-refractivity contribution in [3.63, 3.8) is 0 Å². The van der Waals surface area contributed by atoms with Gasteiger partial charge >= 0.3 is 0 Å². The topological polar surface area (TPSA) is 50.3 Å². The molecule has 0 spiro atoms. The monoisotopic (exact) mass is 291 g/mol. The molecular weight excluding hydrogens is 262 g/mol. The molecule has 1 saturated carbocycles. The molecule has 1 aromatic rings. The van der Waals surface area contributed by atoms with E-state index in [4.69, 9.17) is 5.73 Å². The lowest BCUT2D eigenvalue weighted by molar-refractivity contribution is 0.187. The van der Waals surface area contributed by atoms with Gasteiger partial charge in [-0.2, -0.15) is 5.10 Å². The first-order valence-corrected chi connectivity index (χ1v) is 8.42. The molecule has 5 nitrogen and oxygen atoms in total. The number of nitrogens with zero attached hydrogens (tertiary/aromatic N) is 4. The number of aryl methyl sites for hydroxylation is 2. The Morgan fingerprint density at radius 1 is 1.14 bits per heavy atom. The lowest BCUT2D eigenvalue weighted by atomic mass is 10.1. The molecule has 3 rings (SSSR count). The van der Waals surface area contributed by atoms with Gasteiger partial charge in [0.2, 0.25) is 0 Å². The van der Waals surface area contributed by atoms with Gasteiger partial charge in [-0.1, -0.05) is 12.8 Å². The van der Waals surface area contributed by atoms with Crippen LogP contribution in [0.15, 0.2) is 0 Å². The summed E-state index contributed by atoms with van der Waals surface area (Å²) >= 11 is 0. The first-order chi connectivity index (χ1) is 10.2. The molecule has 118 valence electrons. The second kappa shape index (κ2) is 6.36. The summed E-state index contributed by atoms with van der Waals surface area (Å²) < 4.78 is 2.05. The lowest BCUT2D eigenvalue weighted by Crippen LogP contribution is -2.50. The molecule has 0 radical (unpaired) electrons. The molecule has 2 aliphatic rings. The highest BCUT2D eigenvalue weighted by molar-refractivity contribution is 5.50. The summed E-state index contributed by atoms with van der Waals surface area (Å²) in [6.07, 6.45) is 6.59. The molecule has 0 amide bonds. The van der Waals surface area contributed by atoms with Crippen LogP contribution in [0.25, 0.3) is 0 Å². The van der Waals surface area contributed by atoms with Gasteiger partial charge in [-0.15, -0.1) is 0 Å². The van der Waals surface area contributed by atoms with E-state index in [1.807, 2.05) is 4.68 Å². The smallest absolute Gasteiger partial charge is 0.130 e. The van der Waals surface area contributed by atoms with Crippen molar-refractivity contribution < 1.29 is 0 Å². The molecule has 1 saturated heterocycles. The van der Waals surface area contributed by atoms with Crippen LogP contribution in [0, 0.1) is 6.92 Å². The minimum atomic E-state index is 0.696. The summed E-state index contributed by atoms with van der Waals surface area (Å²) in [5, 5.41) is 4.61. The number of hydrogen-bond donors (Lipinski definition) is 1. The van der Waals surface area contributed by atoms with Crippen LogP contribution in [0.5, 0.6) is 0 Å². The van der Waals surface area contributed by atoms with Gasteiger partial charge in [-0.05, 0) is 32.7 Å². The van der Waals surface area contributed by atoms with Crippen LogP contribution in [-0.2, 0) is 13.5 Å². The van der Waals surface area contributed by atoms with E-state index in [2.05, 4.69) is 28.9 Å². The fourth-order valence-corrected chi connectivity index (χ4v) is 4.09. The summed E-state index contributed by atoms with van der Waals surface area (Å²) in [6, 6.07) is 0.851. The van der Waals surface area contributed by atoms with Crippen molar-refractivity contribution in [3.8, 4) is 0 Å². The molecule has 21 heavy (non-hydrogen) atoms. The highest BCUT2D eigenvalue weighted by Crippen LogP contribution is 2.28. The van der Waals surface area contributed by atoms with E-state index in [1.54, 1.807) is 0 Å². The predicted octanol–water partition coefficient (Wildman–Crippen LogP) is 1.29. The van der Waals surface area contributed by atoms with Gasteiger partial charge in [0.15, 0.2) is 0 Å². The second-order valence-corrected chi connectivity index (χ2v) is 6.51. The molecule has 1 aliphatic heterocycles. The summed E-state index contributed by atoms with van der Waals surface area (Å²) in [5.74, 6) is 1.30. The molecule has 0 atom stereocenters. The third-order valence-electron chi connectivity index (χ3n) is 5.16. The summed E-state index contributed by atoms with van der Waals surface area (Å²) in [7, 11) is 2.06. The van der Waals surface area contributed by atoms with E-state index in [0.29, 0.717) is 6.54 Å². The van der Waals surface area contributed by atoms with Crippen LogP contribution in [0.3, 0.4) is 0 Å². The Morgan fingerprint density at radius 3 is 2.43 bits per heavy atom. The van der Waals surface area contributed by atoms with Gasteiger partial charge < -0.3 is 10.6 Å². The fraction of sp³-hybridized carbons (Fsp3) is 0.812. The maximum absolute atomic E-state index is 5.78. The maximum Gasteiger partial charge on any atom is 0.130 e. The predicted molar refractivity (Wildman–Crippen MR) is 86.7 cm³/mol. The zero-order valence-corrected chi connectivity index (χ0v) is 13.5. The maximum atomic E-state index is 5.78. The molecule has 1 aromatic heterocycles. The van der Waals surface area contributed by atoms with Gasteiger partial charge in [0.1, 0.15) is 5.82 Å². The Kier molecular flexibility index (Phi) is 4.50. The van der Waals surface area contributed by atoms with Gasteiger partial charge in [0, 0.05) is 44.8 Å². The van der Waals surface area contributed by atoms with Gasteiger partial charge in [-0.3, -0.25) is 9.58 Å². The van der Waals surface area contributed by atoms with Crippen LogP contribution in [-0.4, -0.2) is 53.4 Å². The standard InChI is InChI=1S/C16H29N5/c1-13-15(7-8-17)16(19(2)18-13)21-11-9-20(10-12-21)14-5-3-4-6-14/h14H,3-12,17H2,1-2H3. The normalized spacial score (nSPS) is 21.4. The van der Waals surface area contributed by atoms with Gasteiger partial charge in [0.05, 0.1) is 5.69 Å². The third-order valence-corrected chi connectivity index (χ3v) is 5.16. The molecular formula is C16H29N5. The van der Waals surface area contributed by atoms with E-state index >= 15 is 0 Å². The van der Waals surface area contributed by atoms with Gasteiger partial charge in [0.25, 0.3) is 0 Å². The zero-order valence-electron chi connectivity index (χ0n) is 13.5. The Balaban J connectivity index is 1.69. The summed E-state index contributed by atoms with van der Waals surface area (Å²) in [5.41, 5.74) is 8.26. The molecule has 5 heteroatoms. The molecule has 1 aliphatic carbocycles. The molecule has 0 aromatic carbocycles. The largest absolute Gasteiger partial charge is 0.354 e. The van der Waals surface area contributed by atoms with Crippen LogP contribution in [0.4, 0.5) is 5.82 Å². The highest BCUT2D eigenvalue weighted by atomic mass is 15.4. The van der Waals surface area contributed by atoms with Crippen molar-refractivity contribution in [1.29, 1.82) is 0 Å². The quantitative estimate of drug-likeness (QED) is 0.908. The Bertz CT molecular complexity index is 467. The SMILES string of the molecule is Cc1nn(C)c(N2CCN(C3CCCC3)CC2)c1CCN. The molecule has 0 bridgehead atoms. The average Bonchev–Trinajstić information content (AvgIpc) is 3.09. The summed E-state index contributed by atoms with van der Waals surface area (Å²) in [6.45, 7) is 7.42. The Hall–Kier alpha value is -1.07. The van der Waals surface area contributed by atoms with Crippen LogP contribution in [0.2, 0.25) is 0 Å². The van der Waals surface area contributed by atoms with Crippen molar-refractivity contribution >= 4 is 5.82 Å². The van der Waals surface area contributed by atoms with E-state index in [0.717, 1.165) is 31.2 Å².